The predicted molar refractivity (Wildman–Crippen MR) is 93.9 cm³/mol. The number of amides is 1. The normalized spacial score (nSPS) is 15.6. The van der Waals surface area contributed by atoms with E-state index in [1.165, 1.54) is 0 Å². The van der Waals surface area contributed by atoms with E-state index in [2.05, 4.69) is 15.9 Å². The second kappa shape index (κ2) is 7.40. The van der Waals surface area contributed by atoms with Gasteiger partial charge in [-0.15, -0.1) is 0 Å². The lowest BCUT2D eigenvalue weighted by atomic mass is 9.94. The molecule has 1 amide bonds. The number of rotatable bonds is 5. The molecular weight excluding hydrogens is 342 g/mol. The van der Waals surface area contributed by atoms with Crippen LogP contribution >= 0.6 is 15.9 Å². The molecule has 0 radical (unpaired) electrons. The van der Waals surface area contributed by atoms with Crippen molar-refractivity contribution in [1.29, 1.82) is 0 Å². The molecule has 1 aliphatic heterocycles. The summed E-state index contributed by atoms with van der Waals surface area (Å²) in [5, 5.41) is 0. The minimum atomic E-state index is -0.160. The van der Waals surface area contributed by atoms with Gasteiger partial charge in [-0.05, 0) is 48.9 Å². The summed E-state index contributed by atoms with van der Waals surface area (Å²) in [5.41, 5.74) is 2.83. The molecule has 0 fully saturated rings. The van der Waals surface area contributed by atoms with Gasteiger partial charge in [-0.1, -0.05) is 36.7 Å². The van der Waals surface area contributed by atoms with Gasteiger partial charge in [0.05, 0.1) is 4.83 Å². The molecule has 1 aliphatic rings. The average molecular weight is 366 g/mol. The fourth-order valence-electron chi connectivity index (χ4n) is 2.82. The fourth-order valence-corrected chi connectivity index (χ4v) is 3.08. The molecule has 0 spiro atoms. The largest absolute Gasteiger partial charge is 0.312 e. The van der Waals surface area contributed by atoms with Crippen molar-refractivity contribution in [2.45, 2.75) is 51.3 Å². The van der Waals surface area contributed by atoms with Crippen LogP contribution in [0.1, 0.15) is 56.0 Å². The van der Waals surface area contributed by atoms with Crippen molar-refractivity contribution >= 4 is 33.3 Å². The lowest BCUT2D eigenvalue weighted by molar-refractivity contribution is -0.118. The highest BCUT2D eigenvalue weighted by Crippen LogP contribution is 2.30. The van der Waals surface area contributed by atoms with E-state index in [1.807, 2.05) is 43.9 Å². The zero-order chi connectivity index (χ0) is 16.3. The van der Waals surface area contributed by atoms with E-state index < -0.39 is 0 Å². The molecule has 0 N–H and O–H groups in total. The Bertz CT molecular complexity index is 568. The highest BCUT2D eigenvalue weighted by molar-refractivity contribution is 9.10. The summed E-state index contributed by atoms with van der Waals surface area (Å²) in [6.45, 7) is 6.86. The van der Waals surface area contributed by atoms with Crippen LogP contribution in [0.5, 0.6) is 0 Å². The number of fused-ring (bicyclic) bond motifs is 1. The van der Waals surface area contributed by atoms with Crippen LogP contribution in [0.3, 0.4) is 0 Å². The van der Waals surface area contributed by atoms with Crippen LogP contribution in [0.2, 0.25) is 0 Å². The number of aryl methyl sites for hydroxylation is 1. The van der Waals surface area contributed by atoms with Gasteiger partial charge in [0.15, 0.2) is 5.78 Å². The molecule has 0 saturated heterocycles. The maximum Gasteiger partial charge on any atom is 0.226 e. The van der Waals surface area contributed by atoms with Gasteiger partial charge >= 0.3 is 0 Å². The summed E-state index contributed by atoms with van der Waals surface area (Å²) in [5.74, 6) is 0.559. The molecule has 0 aromatic heterocycles. The zero-order valence-electron chi connectivity index (χ0n) is 13.6. The van der Waals surface area contributed by atoms with E-state index in [0.717, 1.165) is 42.6 Å². The van der Waals surface area contributed by atoms with Crippen LogP contribution in [-0.4, -0.2) is 23.1 Å². The van der Waals surface area contributed by atoms with Crippen LogP contribution in [0, 0.1) is 5.92 Å². The quantitative estimate of drug-likeness (QED) is 0.573. The van der Waals surface area contributed by atoms with Crippen molar-refractivity contribution in [2.75, 3.05) is 11.4 Å². The summed E-state index contributed by atoms with van der Waals surface area (Å²) in [7, 11) is 0. The molecule has 1 aromatic carbocycles. The van der Waals surface area contributed by atoms with Gasteiger partial charge in [0.25, 0.3) is 0 Å². The van der Waals surface area contributed by atoms with Gasteiger partial charge in [-0.2, -0.15) is 0 Å². The average Bonchev–Trinajstić information content (AvgIpc) is 2.52. The number of alkyl halides is 1. The number of halogens is 1. The molecule has 1 unspecified atom stereocenters. The van der Waals surface area contributed by atoms with Gasteiger partial charge in [0, 0.05) is 24.2 Å². The third kappa shape index (κ3) is 3.60. The van der Waals surface area contributed by atoms with Crippen LogP contribution in [0.25, 0.3) is 0 Å². The number of Topliss-reactive ketones (excluding diaryl/α,β-unsaturated/α-hetero) is 1. The molecule has 3 nitrogen and oxygen atoms in total. The topological polar surface area (TPSA) is 37.4 Å². The number of hydrogen-bond acceptors (Lipinski definition) is 2. The highest BCUT2D eigenvalue weighted by atomic mass is 79.9. The van der Waals surface area contributed by atoms with Crippen LogP contribution < -0.4 is 4.90 Å². The minimum Gasteiger partial charge on any atom is -0.312 e. The smallest absolute Gasteiger partial charge is 0.226 e. The molecule has 0 saturated carbocycles. The highest BCUT2D eigenvalue weighted by Gasteiger charge is 2.25. The van der Waals surface area contributed by atoms with E-state index >= 15 is 0 Å². The Hall–Kier alpha value is -1.16. The van der Waals surface area contributed by atoms with Crippen molar-refractivity contribution in [3.63, 3.8) is 0 Å². The number of anilines is 1. The first-order chi connectivity index (χ1) is 10.5. The van der Waals surface area contributed by atoms with E-state index in [0.29, 0.717) is 6.42 Å². The van der Waals surface area contributed by atoms with E-state index in [-0.39, 0.29) is 22.4 Å². The first-order valence-electron chi connectivity index (χ1n) is 8.07. The first-order valence-corrected chi connectivity index (χ1v) is 8.98. The Morgan fingerprint density at radius 1 is 1.32 bits per heavy atom. The summed E-state index contributed by atoms with van der Waals surface area (Å²) in [4.78, 5) is 26.4. The molecule has 0 bridgehead atoms. The fraction of sp³-hybridized carbons (Fsp3) is 0.556. The number of ketones is 1. The lowest BCUT2D eigenvalue weighted by Crippen LogP contribution is -2.35. The zero-order valence-corrected chi connectivity index (χ0v) is 15.1. The number of nitrogens with zero attached hydrogens (tertiary/aromatic N) is 1. The number of hydrogen-bond donors (Lipinski definition) is 0. The number of benzene rings is 1. The molecule has 4 heteroatoms. The number of carbonyl (C=O) groups excluding carboxylic acids is 2. The Morgan fingerprint density at radius 3 is 2.68 bits per heavy atom. The molecule has 22 heavy (non-hydrogen) atoms. The third-order valence-electron chi connectivity index (χ3n) is 4.08. The molecular formula is C18H24BrNO2. The molecule has 2 rings (SSSR count). The second-order valence-electron chi connectivity index (χ2n) is 6.25. The summed E-state index contributed by atoms with van der Waals surface area (Å²) < 4.78 is 0. The van der Waals surface area contributed by atoms with Gasteiger partial charge < -0.3 is 4.90 Å². The standard InChI is InChI=1S/C18H24BrNO2/c1-4-6-16(21)20-10-5-7-13-11-14(8-9-15(13)20)18(22)17(19)12(2)3/h8-9,11-12,17H,4-7,10H2,1-3H3. The number of carbonyl (C=O) groups is 2. The molecule has 120 valence electrons. The van der Waals surface area contributed by atoms with Crippen molar-refractivity contribution in [2.24, 2.45) is 5.92 Å². The van der Waals surface area contributed by atoms with E-state index in [1.54, 1.807) is 0 Å². The van der Waals surface area contributed by atoms with Crippen molar-refractivity contribution in [3.05, 3.63) is 29.3 Å². The van der Waals surface area contributed by atoms with Crippen LogP contribution in [-0.2, 0) is 11.2 Å². The SMILES string of the molecule is CCCC(=O)N1CCCc2cc(C(=O)C(Br)C(C)C)ccc21. The molecule has 0 aliphatic carbocycles. The third-order valence-corrected chi connectivity index (χ3v) is 5.56. The summed E-state index contributed by atoms with van der Waals surface area (Å²) in [6, 6.07) is 5.77. The molecule has 1 heterocycles. The second-order valence-corrected chi connectivity index (χ2v) is 7.24. The molecule has 1 atom stereocenters. The molecule has 1 aromatic rings. The summed E-state index contributed by atoms with van der Waals surface area (Å²) >= 11 is 3.48. The van der Waals surface area contributed by atoms with Crippen LogP contribution in [0.15, 0.2) is 18.2 Å². The van der Waals surface area contributed by atoms with Crippen molar-refractivity contribution in [3.8, 4) is 0 Å². The maximum atomic E-state index is 12.5. The predicted octanol–water partition coefficient (Wildman–Crippen LogP) is 4.37. The van der Waals surface area contributed by atoms with Gasteiger partial charge in [-0.25, -0.2) is 0 Å². The van der Waals surface area contributed by atoms with Gasteiger partial charge in [-0.3, -0.25) is 9.59 Å². The minimum absolute atomic E-state index is 0.120. The maximum absolute atomic E-state index is 12.5. The van der Waals surface area contributed by atoms with E-state index in [4.69, 9.17) is 0 Å². The monoisotopic (exact) mass is 365 g/mol. The summed E-state index contributed by atoms with van der Waals surface area (Å²) in [6.07, 6.45) is 3.33. The first kappa shape index (κ1) is 17.2. The Kier molecular flexibility index (Phi) is 5.79. The lowest BCUT2D eigenvalue weighted by Gasteiger charge is -2.30. The van der Waals surface area contributed by atoms with E-state index in [9.17, 15) is 9.59 Å². The van der Waals surface area contributed by atoms with Gasteiger partial charge in [0.2, 0.25) is 5.91 Å². The van der Waals surface area contributed by atoms with Crippen LogP contribution in [0.4, 0.5) is 5.69 Å². The van der Waals surface area contributed by atoms with Crippen molar-refractivity contribution in [1.82, 2.24) is 0 Å². The Labute approximate surface area is 141 Å². The van der Waals surface area contributed by atoms with Gasteiger partial charge in [0.1, 0.15) is 0 Å². The van der Waals surface area contributed by atoms with Crippen molar-refractivity contribution < 1.29 is 9.59 Å². The Morgan fingerprint density at radius 2 is 2.05 bits per heavy atom. The Balaban J connectivity index is 2.28.